The lowest BCUT2D eigenvalue weighted by Gasteiger charge is -2.28. The molecule has 0 aliphatic heterocycles. The SMILES string of the molecule is CCNS(=O)(=O)c1ccccc1NC1CCC1. The molecule has 4 nitrogen and oxygen atoms in total. The van der Waals surface area contributed by atoms with E-state index in [2.05, 4.69) is 10.0 Å². The highest BCUT2D eigenvalue weighted by atomic mass is 32.2. The number of sulfonamides is 1. The van der Waals surface area contributed by atoms with Gasteiger partial charge in [-0.15, -0.1) is 0 Å². The minimum Gasteiger partial charge on any atom is -0.381 e. The van der Waals surface area contributed by atoms with Crippen LogP contribution in [0.2, 0.25) is 0 Å². The van der Waals surface area contributed by atoms with Crippen LogP contribution in [0.4, 0.5) is 5.69 Å². The van der Waals surface area contributed by atoms with Gasteiger partial charge in [0.25, 0.3) is 0 Å². The van der Waals surface area contributed by atoms with Crippen LogP contribution in [0, 0.1) is 0 Å². The van der Waals surface area contributed by atoms with Gasteiger partial charge in [-0.3, -0.25) is 0 Å². The van der Waals surface area contributed by atoms with Crippen molar-refractivity contribution >= 4 is 15.7 Å². The van der Waals surface area contributed by atoms with E-state index in [1.807, 2.05) is 12.1 Å². The van der Waals surface area contributed by atoms with E-state index in [1.54, 1.807) is 19.1 Å². The van der Waals surface area contributed by atoms with E-state index >= 15 is 0 Å². The topological polar surface area (TPSA) is 58.2 Å². The third kappa shape index (κ3) is 2.79. The predicted octanol–water partition coefficient (Wildman–Crippen LogP) is 1.95. The first kappa shape index (κ1) is 12.4. The molecule has 5 heteroatoms. The first-order valence-corrected chi connectivity index (χ1v) is 7.47. The molecule has 0 heterocycles. The summed E-state index contributed by atoms with van der Waals surface area (Å²) in [6.07, 6.45) is 3.46. The maximum atomic E-state index is 12.0. The normalized spacial score (nSPS) is 16.5. The summed E-state index contributed by atoms with van der Waals surface area (Å²) in [5.74, 6) is 0. The van der Waals surface area contributed by atoms with Crippen molar-refractivity contribution < 1.29 is 8.42 Å². The lowest BCUT2D eigenvalue weighted by Crippen LogP contribution is -2.29. The molecule has 2 rings (SSSR count). The second-order valence-electron chi connectivity index (χ2n) is 4.27. The molecule has 0 spiro atoms. The minimum atomic E-state index is -3.38. The maximum absolute atomic E-state index is 12.0. The summed E-state index contributed by atoms with van der Waals surface area (Å²) in [5, 5.41) is 3.29. The van der Waals surface area contributed by atoms with E-state index in [-0.39, 0.29) is 0 Å². The number of para-hydroxylation sites is 1. The molecule has 1 aromatic rings. The fourth-order valence-corrected chi connectivity index (χ4v) is 3.07. The van der Waals surface area contributed by atoms with Crippen molar-refractivity contribution in [2.45, 2.75) is 37.1 Å². The van der Waals surface area contributed by atoms with Crippen LogP contribution in [0.1, 0.15) is 26.2 Å². The first-order chi connectivity index (χ1) is 8.13. The Bertz CT molecular complexity index is 481. The average molecular weight is 254 g/mol. The average Bonchev–Trinajstić information content (AvgIpc) is 2.24. The van der Waals surface area contributed by atoms with Gasteiger partial charge in [-0.2, -0.15) is 0 Å². The lowest BCUT2D eigenvalue weighted by molar-refractivity contribution is 0.445. The Morgan fingerprint density at radius 2 is 2.00 bits per heavy atom. The molecule has 2 N–H and O–H groups in total. The van der Waals surface area contributed by atoms with Gasteiger partial charge in [0.05, 0.1) is 5.69 Å². The molecule has 0 saturated heterocycles. The van der Waals surface area contributed by atoms with E-state index in [0.717, 1.165) is 12.8 Å². The summed E-state index contributed by atoms with van der Waals surface area (Å²) in [4.78, 5) is 0.341. The zero-order valence-electron chi connectivity index (χ0n) is 9.94. The fraction of sp³-hybridized carbons (Fsp3) is 0.500. The van der Waals surface area contributed by atoms with Crippen LogP contribution in [0.5, 0.6) is 0 Å². The van der Waals surface area contributed by atoms with Crippen LogP contribution >= 0.6 is 0 Å². The molecule has 1 aliphatic rings. The molecule has 17 heavy (non-hydrogen) atoms. The van der Waals surface area contributed by atoms with Crippen LogP contribution in [0.3, 0.4) is 0 Å². The molecule has 0 aromatic heterocycles. The minimum absolute atomic E-state index is 0.341. The number of nitrogens with one attached hydrogen (secondary N) is 2. The lowest BCUT2D eigenvalue weighted by atomic mass is 9.93. The van der Waals surface area contributed by atoms with Crippen molar-refractivity contribution in [1.29, 1.82) is 0 Å². The first-order valence-electron chi connectivity index (χ1n) is 5.98. The fourth-order valence-electron chi connectivity index (χ4n) is 1.86. The molecule has 94 valence electrons. The summed E-state index contributed by atoms with van der Waals surface area (Å²) < 4.78 is 26.5. The summed E-state index contributed by atoms with van der Waals surface area (Å²) in [5.41, 5.74) is 0.707. The quantitative estimate of drug-likeness (QED) is 0.844. The number of anilines is 1. The van der Waals surface area contributed by atoms with Crippen LogP contribution in [-0.4, -0.2) is 21.0 Å². The van der Waals surface area contributed by atoms with Crippen molar-refractivity contribution in [3.8, 4) is 0 Å². The molecule has 1 aliphatic carbocycles. The Hall–Kier alpha value is -1.07. The third-order valence-corrected chi connectivity index (χ3v) is 4.58. The highest BCUT2D eigenvalue weighted by Gasteiger charge is 2.22. The van der Waals surface area contributed by atoms with Gasteiger partial charge in [0.2, 0.25) is 10.0 Å². The molecule has 0 bridgehead atoms. The predicted molar refractivity (Wildman–Crippen MR) is 68.6 cm³/mol. The van der Waals surface area contributed by atoms with Gasteiger partial charge in [0.15, 0.2) is 0 Å². The van der Waals surface area contributed by atoms with E-state index in [9.17, 15) is 8.42 Å². The highest BCUT2D eigenvalue weighted by Crippen LogP contribution is 2.27. The van der Waals surface area contributed by atoms with E-state index in [0.29, 0.717) is 23.2 Å². The Morgan fingerprint density at radius 1 is 1.29 bits per heavy atom. The summed E-state index contributed by atoms with van der Waals surface area (Å²) >= 11 is 0. The number of hydrogen-bond acceptors (Lipinski definition) is 3. The molecular formula is C12H18N2O2S. The molecule has 1 fully saturated rings. The van der Waals surface area contributed by atoms with Gasteiger partial charge < -0.3 is 5.32 Å². The van der Waals surface area contributed by atoms with E-state index in [1.165, 1.54) is 6.42 Å². The molecule has 1 saturated carbocycles. The van der Waals surface area contributed by atoms with Crippen molar-refractivity contribution in [1.82, 2.24) is 4.72 Å². The standard InChI is InChI=1S/C12H18N2O2S/c1-2-13-17(15,16)12-9-4-3-8-11(12)14-10-6-5-7-10/h3-4,8-10,13-14H,2,5-7H2,1H3. The monoisotopic (exact) mass is 254 g/mol. The molecule has 0 atom stereocenters. The third-order valence-electron chi connectivity index (χ3n) is 2.98. The molecule has 1 aromatic carbocycles. The second kappa shape index (κ2) is 5.06. The summed E-state index contributed by atoms with van der Waals surface area (Å²) in [7, 11) is -3.38. The summed E-state index contributed by atoms with van der Waals surface area (Å²) in [6, 6.07) is 7.48. The van der Waals surface area contributed by atoms with Crippen LogP contribution in [0.15, 0.2) is 29.2 Å². The van der Waals surface area contributed by atoms with Gasteiger partial charge in [-0.25, -0.2) is 13.1 Å². The molecular weight excluding hydrogens is 236 g/mol. The van der Waals surface area contributed by atoms with E-state index < -0.39 is 10.0 Å². The van der Waals surface area contributed by atoms with Gasteiger partial charge in [-0.05, 0) is 31.4 Å². The molecule has 0 unspecified atom stereocenters. The molecule has 0 amide bonds. The maximum Gasteiger partial charge on any atom is 0.242 e. The number of hydrogen-bond donors (Lipinski definition) is 2. The Kier molecular flexibility index (Phi) is 3.69. The highest BCUT2D eigenvalue weighted by molar-refractivity contribution is 7.89. The Labute approximate surface area is 102 Å². The van der Waals surface area contributed by atoms with Gasteiger partial charge in [-0.1, -0.05) is 19.1 Å². The van der Waals surface area contributed by atoms with Crippen molar-refractivity contribution in [2.75, 3.05) is 11.9 Å². The van der Waals surface area contributed by atoms with E-state index in [4.69, 9.17) is 0 Å². The largest absolute Gasteiger partial charge is 0.381 e. The van der Waals surface area contributed by atoms with Crippen molar-refractivity contribution in [3.63, 3.8) is 0 Å². The van der Waals surface area contributed by atoms with Gasteiger partial charge >= 0.3 is 0 Å². The zero-order chi connectivity index (χ0) is 12.3. The smallest absolute Gasteiger partial charge is 0.242 e. The number of rotatable bonds is 5. The van der Waals surface area contributed by atoms with Crippen molar-refractivity contribution in [2.24, 2.45) is 0 Å². The Morgan fingerprint density at radius 3 is 2.59 bits per heavy atom. The Balaban J connectivity index is 2.26. The van der Waals surface area contributed by atoms with Crippen LogP contribution in [0.25, 0.3) is 0 Å². The van der Waals surface area contributed by atoms with Gasteiger partial charge in [0.1, 0.15) is 4.90 Å². The zero-order valence-corrected chi connectivity index (χ0v) is 10.8. The molecule has 0 radical (unpaired) electrons. The van der Waals surface area contributed by atoms with Crippen molar-refractivity contribution in [3.05, 3.63) is 24.3 Å². The van der Waals surface area contributed by atoms with Crippen LogP contribution in [-0.2, 0) is 10.0 Å². The summed E-state index contributed by atoms with van der Waals surface area (Å²) in [6.45, 7) is 2.18. The van der Waals surface area contributed by atoms with Crippen LogP contribution < -0.4 is 10.0 Å². The second-order valence-corrected chi connectivity index (χ2v) is 6.01. The number of benzene rings is 1. The van der Waals surface area contributed by atoms with Gasteiger partial charge in [0, 0.05) is 12.6 Å².